The van der Waals surface area contributed by atoms with Crippen LogP contribution in [0.3, 0.4) is 0 Å². The lowest BCUT2D eigenvalue weighted by molar-refractivity contribution is -0.142. The maximum atomic E-state index is 13.2. The number of rotatable bonds is 19. The molecule has 0 aliphatic heterocycles. The van der Waals surface area contributed by atoms with Gasteiger partial charge in [0.15, 0.2) is 5.96 Å². The number of imidazole rings is 1. The average Bonchev–Trinajstić information content (AvgIpc) is 3.38. The molecule has 0 fully saturated rings. The number of nitrogens with two attached hydrogens (primary N) is 4. The Morgan fingerprint density at radius 2 is 1.62 bits per heavy atom. The number of carbonyl (C=O) groups is 5. The summed E-state index contributed by atoms with van der Waals surface area (Å²) < 4.78 is 0. The summed E-state index contributed by atoms with van der Waals surface area (Å²) in [5.41, 5.74) is 22.4. The predicted molar refractivity (Wildman–Crippen MR) is 145 cm³/mol. The summed E-state index contributed by atoms with van der Waals surface area (Å²) in [6, 6.07) is -4.57. The molecule has 16 nitrogen and oxygen atoms in total. The van der Waals surface area contributed by atoms with Crippen LogP contribution in [0.25, 0.3) is 0 Å². The number of aromatic amines is 1. The maximum absolute atomic E-state index is 13.2. The van der Waals surface area contributed by atoms with Crippen molar-refractivity contribution in [2.45, 2.75) is 62.7 Å². The van der Waals surface area contributed by atoms with Crippen molar-refractivity contribution in [1.82, 2.24) is 25.9 Å². The van der Waals surface area contributed by atoms with Gasteiger partial charge in [0.2, 0.25) is 23.6 Å². The highest BCUT2D eigenvalue weighted by molar-refractivity contribution is 7.98. The number of thioether (sulfide) groups is 1. The molecule has 0 radical (unpaired) electrons. The molecule has 0 aliphatic rings. The number of carboxylic acid groups (broad SMARTS) is 1. The van der Waals surface area contributed by atoms with E-state index in [2.05, 4.69) is 30.9 Å². The number of aliphatic carboxylic acids is 1. The van der Waals surface area contributed by atoms with Crippen LogP contribution in [0.15, 0.2) is 17.5 Å². The summed E-state index contributed by atoms with van der Waals surface area (Å²) in [5, 5.41) is 17.0. The molecule has 0 spiro atoms. The SMILES string of the molecule is CSCCC(NC(=O)C(CCCN=C(N)N)NC(=O)C(N)Cc1cnc[nH]1)C(=O)NC(CCC(N)=O)C(=O)O. The van der Waals surface area contributed by atoms with Crippen molar-refractivity contribution in [3.8, 4) is 0 Å². The Bertz CT molecular complexity index is 986. The number of carboxylic acids is 1. The summed E-state index contributed by atoms with van der Waals surface area (Å²) in [6.45, 7) is 0.193. The summed E-state index contributed by atoms with van der Waals surface area (Å²) in [7, 11) is 0. The van der Waals surface area contributed by atoms with E-state index in [9.17, 15) is 29.1 Å². The fraction of sp³-hybridized carbons (Fsp3) is 0.591. The second-order valence-corrected chi connectivity index (χ2v) is 9.63. The monoisotopic (exact) mass is 570 g/mol. The van der Waals surface area contributed by atoms with Gasteiger partial charge in [-0.25, -0.2) is 9.78 Å². The molecule has 0 saturated heterocycles. The Morgan fingerprint density at radius 3 is 2.15 bits per heavy atom. The van der Waals surface area contributed by atoms with E-state index in [4.69, 9.17) is 22.9 Å². The molecule has 13 N–H and O–H groups in total. The second-order valence-electron chi connectivity index (χ2n) is 8.64. The minimum atomic E-state index is -1.38. The third-order valence-corrected chi connectivity index (χ3v) is 6.09. The fourth-order valence-corrected chi connectivity index (χ4v) is 3.84. The number of aliphatic imine (C=N–C) groups is 1. The van der Waals surface area contributed by atoms with E-state index in [0.717, 1.165) is 0 Å². The predicted octanol–water partition coefficient (Wildman–Crippen LogP) is -3.11. The first-order valence-corrected chi connectivity index (χ1v) is 13.5. The zero-order valence-electron chi connectivity index (χ0n) is 21.7. The van der Waals surface area contributed by atoms with Crippen molar-refractivity contribution >= 4 is 47.3 Å². The minimum Gasteiger partial charge on any atom is -0.480 e. The number of H-pyrrole nitrogens is 1. The second kappa shape index (κ2) is 17.6. The van der Waals surface area contributed by atoms with E-state index >= 15 is 0 Å². The lowest BCUT2D eigenvalue weighted by atomic mass is 10.1. The largest absolute Gasteiger partial charge is 0.480 e. The number of amides is 4. The number of nitrogens with one attached hydrogen (secondary N) is 4. The van der Waals surface area contributed by atoms with Crippen molar-refractivity contribution in [2.24, 2.45) is 27.9 Å². The number of nitrogens with zero attached hydrogens (tertiary/aromatic N) is 2. The quantitative estimate of drug-likeness (QED) is 0.0455. The summed E-state index contributed by atoms with van der Waals surface area (Å²) in [5.74, 6) is -3.76. The Hall–Kier alpha value is -3.86. The van der Waals surface area contributed by atoms with Gasteiger partial charge in [-0.05, 0) is 37.7 Å². The average molecular weight is 571 g/mol. The zero-order chi connectivity index (χ0) is 29.4. The number of aromatic nitrogens is 2. The van der Waals surface area contributed by atoms with Crippen LogP contribution in [0.5, 0.6) is 0 Å². The normalized spacial score (nSPS) is 13.8. The molecule has 0 bridgehead atoms. The van der Waals surface area contributed by atoms with E-state index < -0.39 is 53.8 Å². The first-order valence-electron chi connectivity index (χ1n) is 12.1. The molecule has 218 valence electrons. The van der Waals surface area contributed by atoms with Crippen LogP contribution in [0, 0.1) is 0 Å². The highest BCUT2D eigenvalue weighted by Gasteiger charge is 2.30. The Kier molecular flexibility index (Phi) is 15.0. The van der Waals surface area contributed by atoms with Crippen molar-refractivity contribution in [3.05, 3.63) is 18.2 Å². The van der Waals surface area contributed by atoms with Crippen molar-refractivity contribution in [1.29, 1.82) is 0 Å². The van der Waals surface area contributed by atoms with Gasteiger partial charge in [0.25, 0.3) is 0 Å². The summed E-state index contributed by atoms with van der Waals surface area (Å²) >= 11 is 1.42. The molecule has 4 amide bonds. The van der Waals surface area contributed by atoms with Crippen LogP contribution >= 0.6 is 11.8 Å². The maximum Gasteiger partial charge on any atom is 0.326 e. The third-order valence-electron chi connectivity index (χ3n) is 5.45. The van der Waals surface area contributed by atoms with Crippen LogP contribution in [0.1, 0.15) is 37.8 Å². The highest BCUT2D eigenvalue weighted by Crippen LogP contribution is 2.07. The summed E-state index contributed by atoms with van der Waals surface area (Å²) in [4.78, 5) is 72.1. The van der Waals surface area contributed by atoms with Crippen LogP contribution < -0.4 is 38.9 Å². The topological polar surface area (TPSA) is 287 Å². The van der Waals surface area contributed by atoms with Crippen LogP contribution in [0.4, 0.5) is 0 Å². The van der Waals surface area contributed by atoms with E-state index in [-0.39, 0.29) is 44.6 Å². The fourth-order valence-electron chi connectivity index (χ4n) is 3.37. The van der Waals surface area contributed by atoms with Gasteiger partial charge in [-0.1, -0.05) is 0 Å². The van der Waals surface area contributed by atoms with E-state index in [0.29, 0.717) is 17.9 Å². The number of carbonyl (C=O) groups excluding carboxylic acids is 4. The molecule has 0 aliphatic carbocycles. The minimum absolute atomic E-state index is 0.123. The van der Waals surface area contributed by atoms with Gasteiger partial charge in [0.1, 0.15) is 18.1 Å². The molecule has 4 atom stereocenters. The lowest BCUT2D eigenvalue weighted by Gasteiger charge is -2.25. The highest BCUT2D eigenvalue weighted by atomic mass is 32.2. The van der Waals surface area contributed by atoms with Gasteiger partial charge in [-0.2, -0.15) is 11.8 Å². The Labute approximate surface area is 229 Å². The molecule has 0 saturated carbocycles. The molecule has 39 heavy (non-hydrogen) atoms. The molecule has 1 aromatic rings. The standard InChI is InChI=1S/C22H38N10O6S/c1-39-8-6-15(20(36)32-16(21(37)38)4-5-17(24)33)31-19(35)14(3-2-7-28-22(25)26)30-18(34)13(23)9-12-10-27-11-29-12/h10-11,13-16H,2-9,23H2,1H3,(H2,24,33)(H,27,29)(H,30,34)(H,31,35)(H,32,36)(H,37,38)(H4,25,26,28). The summed E-state index contributed by atoms with van der Waals surface area (Å²) in [6.07, 6.45) is 5.08. The zero-order valence-corrected chi connectivity index (χ0v) is 22.5. The molecular formula is C22H38N10O6S. The van der Waals surface area contributed by atoms with Gasteiger partial charge >= 0.3 is 5.97 Å². The third kappa shape index (κ3) is 13.5. The van der Waals surface area contributed by atoms with Crippen LogP contribution in [-0.2, 0) is 30.4 Å². The Balaban J connectivity index is 2.99. The Morgan fingerprint density at radius 1 is 1.00 bits per heavy atom. The molecule has 0 aromatic carbocycles. The lowest BCUT2D eigenvalue weighted by Crippen LogP contribution is -2.57. The number of hydrogen-bond acceptors (Lipinski definition) is 9. The number of primary amides is 1. The van der Waals surface area contributed by atoms with E-state index in [1.165, 1.54) is 24.3 Å². The number of hydrogen-bond donors (Lipinski definition) is 9. The molecule has 1 rings (SSSR count). The van der Waals surface area contributed by atoms with Crippen molar-refractivity contribution < 1.29 is 29.1 Å². The van der Waals surface area contributed by atoms with Gasteiger partial charge in [-0.3, -0.25) is 24.2 Å². The number of guanidine groups is 1. The molecular weight excluding hydrogens is 532 g/mol. The van der Waals surface area contributed by atoms with Gasteiger partial charge in [-0.15, -0.1) is 0 Å². The van der Waals surface area contributed by atoms with Gasteiger partial charge in [0, 0.05) is 31.3 Å². The van der Waals surface area contributed by atoms with E-state index in [1.807, 2.05) is 0 Å². The van der Waals surface area contributed by atoms with Crippen molar-refractivity contribution in [3.63, 3.8) is 0 Å². The van der Waals surface area contributed by atoms with Crippen LogP contribution in [-0.4, -0.2) is 93.4 Å². The first kappa shape index (κ1) is 33.2. The molecule has 1 aromatic heterocycles. The van der Waals surface area contributed by atoms with Crippen molar-refractivity contribution in [2.75, 3.05) is 18.6 Å². The molecule has 4 unspecified atom stereocenters. The van der Waals surface area contributed by atoms with E-state index in [1.54, 1.807) is 6.26 Å². The van der Waals surface area contributed by atoms with Gasteiger partial charge < -0.3 is 49.0 Å². The molecule has 17 heteroatoms. The smallest absolute Gasteiger partial charge is 0.326 e. The molecule has 1 heterocycles. The van der Waals surface area contributed by atoms with Crippen LogP contribution in [0.2, 0.25) is 0 Å². The first-order chi connectivity index (χ1) is 18.4. The van der Waals surface area contributed by atoms with Gasteiger partial charge in [0.05, 0.1) is 12.4 Å².